The van der Waals surface area contributed by atoms with Crippen LogP contribution in [0, 0.1) is 11.8 Å². The summed E-state index contributed by atoms with van der Waals surface area (Å²) in [6, 6.07) is 0. The summed E-state index contributed by atoms with van der Waals surface area (Å²) < 4.78 is 0. The molecule has 1 saturated carbocycles. The summed E-state index contributed by atoms with van der Waals surface area (Å²) in [5.74, 6) is 1.30. The van der Waals surface area contributed by atoms with Crippen LogP contribution in [0.25, 0.3) is 0 Å². The van der Waals surface area contributed by atoms with Gasteiger partial charge >= 0.3 is 0 Å². The standard InChI is InChI=1S/C11H18O/c1-11(12)8-4-6-9-5-2-3-7-10(9)11/h2-3,9-10,12H,4-8H2,1H3. The van der Waals surface area contributed by atoms with Gasteiger partial charge in [0.15, 0.2) is 0 Å². The zero-order chi connectivity index (χ0) is 8.60. The number of allylic oxidation sites excluding steroid dienone is 2. The second-order valence-electron chi connectivity index (χ2n) is 4.56. The van der Waals surface area contributed by atoms with Gasteiger partial charge in [0.05, 0.1) is 5.60 Å². The lowest BCUT2D eigenvalue weighted by Crippen LogP contribution is -2.43. The lowest BCUT2D eigenvalue weighted by molar-refractivity contribution is -0.0594. The monoisotopic (exact) mass is 166 g/mol. The van der Waals surface area contributed by atoms with Crippen LogP contribution in [0.15, 0.2) is 12.2 Å². The van der Waals surface area contributed by atoms with Gasteiger partial charge < -0.3 is 5.11 Å². The summed E-state index contributed by atoms with van der Waals surface area (Å²) in [6.07, 6.45) is 10.3. The first-order valence-electron chi connectivity index (χ1n) is 5.07. The van der Waals surface area contributed by atoms with E-state index in [1.807, 2.05) is 6.92 Å². The molecule has 0 saturated heterocycles. The van der Waals surface area contributed by atoms with Gasteiger partial charge in [-0.2, -0.15) is 0 Å². The van der Waals surface area contributed by atoms with Crippen LogP contribution in [-0.4, -0.2) is 10.7 Å². The Morgan fingerprint density at radius 3 is 2.83 bits per heavy atom. The van der Waals surface area contributed by atoms with Crippen molar-refractivity contribution in [3.05, 3.63) is 12.2 Å². The molecule has 1 nitrogen and oxygen atoms in total. The molecule has 68 valence electrons. The van der Waals surface area contributed by atoms with Gasteiger partial charge in [-0.1, -0.05) is 18.6 Å². The molecule has 2 aliphatic rings. The van der Waals surface area contributed by atoms with Crippen LogP contribution < -0.4 is 0 Å². The maximum atomic E-state index is 10.1. The van der Waals surface area contributed by atoms with E-state index in [1.165, 1.54) is 19.3 Å². The first-order chi connectivity index (χ1) is 5.70. The average Bonchev–Trinajstić information content (AvgIpc) is 2.04. The van der Waals surface area contributed by atoms with Gasteiger partial charge in [-0.3, -0.25) is 0 Å². The first-order valence-corrected chi connectivity index (χ1v) is 5.07. The Kier molecular flexibility index (Phi) is 1.99. The molecule has 0 bridgehead atoms. The molecule has 0 amide bonds. The molecule has 2 aliphatic carbocycles. The Labute approximate surface area is 74.5 Å². The van der Waals surface area contributed by atoms with E-state index in [2.05, 4.69) is 12.2 Å². The summed E-state index contributed by atoms with van der Waals surface area (Å²) in [6.45, 7) is 2.02. The van der Waals surface area contributed by atoms with Crippen molar-refractivity contribution < 1.29 is 5.11 Å². The lowest BCUT2D eigenvalue weighted by atomic mass is 9.65. The summed E-state index contributed by atoms with van der Waals surface area (Å²) >= 11 is 0. The van der Waals surface area contributed by atoms with Crippen LogP contribution in [0.5, 0.6) is 0 Å². The molecule has 0 heterocycles. The van der Waals surface area contributed by atoms with E-state index in [1.54, 1.807) is 0 Å². The molecular formula is C11H18O. The first kappa shape index (κ1) is 8.31. The molecule has 1 heteroatoms. The van der Waals surface area contributed by atoms with Crippen LogP contribution in [0.1, 0.15) is 39.0 Å². The second-order valence-corrected chi connectivity index (χ2v) is 4.56. The molecule has 1 N–H and O–H groups in total. The van der Waals surface area contributed by atoms with Crippen LogP contribution in [0.4, 0.5) is 0 Å². The summed E-state index contributed by atoms with van der Waals surface area (Å²) in [4.78, 5) is 0. The van der Waals surface area contributed by atoms with Crippen LogP contribution in [0.2, 0.25) is 0 Å². The number of hydrogen-bond donors (Lipinski definition) is 1. The van der Waals surface area contributed by atoms with E-state index in [4.69, 9.17) is 0 Å². The molecule has 3 unspecified atom stereocenters. The zero-order valence-corrected chi connectivity index (χ0v) is 7.79. The Morgan fingerprint density at radius 1 is 1.33 bits per heavy atom. The van der Waals surface area contributed by atoms with Crippen molar-refractivity contribution >= 4 is 0 Å². The van der Waals surface area contributed by atoms with E-state index in [-0.39, 0.29) is 5.60 Å². The Hall–Kier alpha value is -0.300. The molecule has 12 heavy (non-hydrogen) atoms. The van der Waals surface area contributed by atoms with Gasteiger partial charge in [0.25, 0.3) is 0 Å². The predicted octanol–water partition coefficient (Wildman–Crippen LogP) is 2.50. The van der Waals surface area contributed by atoms with Crippen molar-refractivity contribution in [3.63, 3.8) is 0 Å². The molecule has 0 aromatic carbocycles. The number of rotatable bonds is 0. The number of aliphatic hydroxyl groups is 1. The Balaban J connectivity index is 2.16. The summed E-state index contributed by atoms with van der Waals surface area (Å²) in [5.41, 5.74) is -0.381. The van der Waals surface area contributed by atoms with Crippen LogP contribution in [-0.2, 0) is 0 Å². The summed E-state index contributed by atoms with van der Waals surface area (Å²) in [5, 5.41) is 10.1. The molecular weight excluding hydrogens is 148 g/mol. The minimum Gasteiger partial charge on any atom is -0.390 e. The SMILES string of the molecule is CC1(O)CCCC2CC=CCC21. The third-order valence-corrected chi connectivity index (χ3v) is 3.62. The van der Waals surface area contributed by atoms with Gasteiger partial charge in [-0.15, -0.1) is 0 Å². The fraction of sp³-hybridized carbons (Fsp3) is 0.818. The molecule has 0 spiro atoms. The minimum atomic E-state index is -0.381. The van der Waals surface area contributed by atoms with E-state index in [0.29, 0.717) is 5.92 Å². The highest BCUT2D eigenvalue weighted by molar-refractivity contribution is 5.02. The van der Waals surface area contributed by atoms with Crippen molar-refractivity contribution in [3.8, 4) is 0 Å². The number of fused-ring (bicyclic) bond motifs is 1. The van der Waals surface area contributed by atoms with Crippen molar-refractivity contribution in [1.82, 2.24) is 0 Å². The normalized spacial score (nSPS) is 47.2. The largest absolute Gasteiger partial charge is 0.390 e. The topological polar surface area (TPSA) is 20.2 Å². The maximum absolute atomic E-state index is 10.1. The highest BCUT2D eigenvalue weighted by Crippen LogP contribution is 2.43. The summed E-state index contributed by atoms with van der Waals surface area (Å²) in [7, 11) is 0. The van der Waals surface area contributed by atoms with Gasteiger partial charge in [0, 0.05) is 0 Å². The molecule has 0 radical (unpaired) electrons. The second kappa shape index (κ2) is 2.88. The third-order valence-electron chi connectivity index (χ3n) is 3.62. The van der Waals surface area contributed by atoms with Crippen molar-refractivity contribution in [1.29, 1.82) is 0 Å². The molecule has 0 aromatic rings. The van der Waals surface area contributed by atoms with Crippen molar-refractivity contribution in [2.45, 2.75) is 44.6 Å². The fourth-order valence-corrected chi connectivity index (χ4v) is 2.86. The average molecular weight is 166 g/mol. The van der Waals surface area contributed by atoms with E-state index < -0.39 is 0 Å². The lowest BCUT2D eigenvalue weighted by Gasteiger charge is -2.43. The van der Waals surface area contributed by atoms with E-state index in [9.17, 15) is 5.11 Å². The van der Waals surface area contributed by atoms with Crippen molar-refractivity contribution in [2.24, 2.45) is 11.8 Å². The van der Waals surface area contributed by atoms with Crippen LogP contribution >= 0.6 is 0 Å². The van der Waals surface area contributed by atoms with Gasteiger partial charge in [0.1, 0.15) is 0 Å². The van der Waals surface area contributed by atoms with Crippen molar-refractivity contribution in [2.75, 3.05) is 0 Å². The third kappa shape index (κ3) is 1.31. The molecule has 1 fully saturated rings. The van der Waals surface area contributed by atoms with E-state index in [0.717, 1.165) is 18.8 Å². The quantitative estimate of drug-likeness (QED) is 0.548. The predicted molar refractivity (Wildman–Crippen MR) is 49.8 cm³/mol. The van der Waals surface area contributed by atoms with Gasteiger partial charge in [-0.05, 0) is 44.4 Å². The molecule has 0 aromatic heterocycles. The minimum absolute atomic E-state index is 0.381. The van der Waals surface area contributed by atoms with Gasteiger partial charge in [-0.25, -0.2) is 0 Å². The maximum Gasteiger partial charge on any atom is 0.0653 e. The highest BCUT2D eigenvalue weighted by Gasteiger charge is 2.40. The Bertz CT molecular complexity index is 193. The smallest absolute Gasteiger partial charge is 0.0653 e. The van der Waals surface area contributed by atoms with E-state index >= 15 is 0 Å². The fourth-order valence-electron chi connectivity index (χ4n) is 2.86. The van der Waals surface area contributed by atoms with Crippen LogP contribution in [0.3, 0.4) is 0 Å². The number of hydrogen-bond acceptors (Lipinski definition) is 1. The zero-order valence-electron chi connectivity index (χ0n) is 7.79. The Morgan fingerprint density at radius 2 is 2.08 bits per heavy atom. The molecule has 3 atom stereocenters. The molecule has 2 rings (SSSR count). The van der Waals surface area contributed by atoms with Gasteiger partial charge in [0.2, 0.25) is 0 Å². The molecule has 0 aliphatic heterocycles. The highest BCUT2D eigenvalue weighted by atomic mass is 16.3.